The Balaban J connectivity index is 1.42. The predicted octanol–water partition coefficient (Wildman–Crippen LogP) is 4.48. The van der Waals surface area contributed by atoms with E-state index in [1.807, 2.05) is 83.7 Å². The Morgan fingerprint density at radius 2 is 1.47 bits per heavy atom. The molecule has 0 spiro atoms. The van der Waals surface area contributed by atoms with Gasteiger partial charge in [-0.15, -0.1) is 0 Å². The Bertz CT molecular complexity index is 1260. The summed E-state index contributed by atoms with van der Waals surface area (Å²) in [5, 5.41) is 11.5. The standard InChI is InChI=1S/C27H22N2O3/c30-25(21-12-14-22(15-13-21)28-16-6-7-17-28)18-27(32)23-10-4-5-11-24(23)29(26(27)31)19-20-8-2-1-3-9-20/h1-17,32H,18-19H2. The minimum absolute atomic E-state index is 0.281. The SMILES string of the molecule is O=C(CC1(O)C(=O)N(Cc2ccccc2)c2ccccc21)c1ccc(-n2cccc2)cc1. The van der Waals surface area contributed by atoms with Crippen molar-refractivity contribution < 1.29 is 14.7 Å². The highest BCUT2D eigenvalue weighted by Gasteiger charge is 2.50. The van der Waals surface area contributed by atoms with Crippen molar-refractivity contribution in [3.8, 4) is 5.69 Å². The van der Waals surface area contributed by atoms with E-state index >= 15 is 0 Å². The minimum atomic E-state index is -1.89. The summed E-state index contributed by atoms with van der Waals surface area (Å²) in [6, 6.07) is 27.8. The van der Waals surface area contributed by atoms with Crippen LogP contribution in [0.1, 0.15) is 27.9 Å². The highest BCUT2D eigenvalue weighted by Crippen LogP contribution is 2.43. The van der Waals surface area contributed by atoms with E-state index in [4.69, 9.17) is 0 Å². The van der Waals surface area contributed by atoms with Crippen LogP contribution in [-0.2, 0) is 16.9 Å². The molecule has 1 amide bonds. The molecule has 1 aromatic heterocycles. The number of hydrogen-bond acceptors (Lipinski definition) is 3. The lowest BCUT2D eigenvalue weighted by Crippen LogP contribution is -2.41. The molecule has 4 aromatic rings. The fraction of sp³-hybridized carbons (Fsp3) is 0.111. The zero-order valence-electron chi connectivity index (χ0n) is 17.4. The first kappa shape index (κ1) is 20.0. The Morgan fingerprint density at radius 1 is 0.812 bits per heavy atom. The number of Topliss-reactive ketones (excluding diaryl/α,β-unsaturated/α-hetero) is 1. The molecule has 1 aliphatic rings. The van der Waals surface area contributed by atoms with Crippen LogP contribution in [-0.4, -0.2) is 21.4 Å². The van der Waals surface area contributed by atoms with Crippen molar-refractivity contribution in [2.45, 2.75) is 18.6 Å². The molecule has 0 bridgehead atoms. The van der Waals surface area contributed by atoms with Crippen molar-refractivity contribution in [3.05, 3.63) is 120 Å². The van der Waals surface area contributed by atoms with Crippen LogP contribution in [0.5, 0.6) is 0 Å². The molecule has 1 unspecified atom stereocenters. The number of rotatable bonds is 6. The van der Waals surface area contributed by atoms with E-state index in [0.717, 1.165) is 11.3 Å². The quantitative estimate of drug-likeness (QED) is 0.466. The summed E-state index contributed by atoms with van der Waals surface area (Å²) in [5.41, 5.74) is 1.56. The van der Waals surface area contributed by atoms with Crippen LogP contribution < -0.4 is 4.90 Å². The van der Waals surface area contributed by atoms with Crippen molar-refractivity contribution in [3.63, 3.8) is 0 Å². The molecule has 1 atom stereocenters. The number of para-hydroxylation sites is 1. The maximum absolute atomic E-state index is 13.4. The number of hydrogen-bond donors (Lipinski definition) is 1. The van der Waals surface area contributed by atoms with Gasteiger partial charge in [0.25, 0.3) is 5.91 Å². The molecule has 32 heavy (non-hydrogen) atoms. The monoisotopic (exact) mass is 422 g/mol. The van der Waals surface area contributed by atoms with Crippen LogP contribution in [0, 0.1) is 0 Å². The maximum atomic E-state index is 13.4. The number of anilines is 1. The van der Waals surface area contributed by atoms with Crippen LogP contribution in [0.25, 0.3) is 5.69 Å². The molecule has 158 valence electrons. The average molecular weight is 422 g/mol. The third-order valence-electron chi connectivity index (χ3n) is 5.93. The molecule has 0 saturated heterocycles. The molecule has 1 N–H and O–H groups in total. The van der Waals surface area contributed by atoms with Crippen LogP contribution in [0.4, 0.5) is 5.69 Å². The first-order valence-electron chi connectivity index (χ1n) is 10.5. The van der Waals surface area contributed by atoms with Crippen LogP contribution in [0.15, 0.2) is 103 Å². The van der Waals surface area contributed by atoms with Gasteiger partial charge < -0.3 is 14.6 Å². The third kappa shape index (κ3) is 3.43. The van der Waals surface area contributed by atoms with Gasteiger partial charge in [0, 0.05) is 29.2 Å². The van der Waals surface area contributed by atoms with E-state index in [1.165, 1.54) is 0 Å². The zero-order valence-corrected chi connectivity index (χ0v) is 17.4. The van der Waals surface area contributed by atoms with Crippen LogP contribution in [0.2, 0.25) is 0 Å². The molecule has 5 nitrogen and oxygen atoms in total. The topological polar surface area (TPSA) is 62.5 Å². The first-order chi connectivity index (χ1) is 15.6. The summed E-state index contributed by atoms with van der Waals surface area (Å²) in [6.07, 6.45) is 3.54. The molecule has 0 fully saturated rings. The largest absolute Gasteiger partial charge is 0.375 e. The number of amides is 1. The summed E-state index contributed by atoms with van der Waals surface area (Å²) >= 11 is 0. The van der Waals surface area contributed by atoms with E-state index in [0.29, 0.717) is 23.4 Å². The van der Waals surface area contributed by atoms with Gasteiger partial charge in [-0.1, -0.05) is 48.5 Å². The number of fused-ring (bicyclic) bond motifs is 1. The van der Waals surface area contributed by atoms with Gasteiger partial charge in [0.05, 0.1) is 18.7 Å². The van der Waals surface area contributed by atoms with Crippen LogP contribution >= 0.6 is 0 Å². The Morgan fingerprint density at radius 3 is 2.19 bits per heavy atom. The molecule has 1 aliphatic heterocycles. The first-order valence-corrected chi connectivity index (χ1v) is 10.5. The third-order valence-corrected chi connectivity index (χ3v) is 5.93. The van der Waals surface area contributed by atoms with E-state index in [-0.39, 0.29) is 12.2 Å². The second-order valence-corrected chi connectivity index (χ2v) is 7.99. The lowest BCUT2D eigenvalue weighted by molar-refractivity contribution is -0.136. The fourth-order valence-electron chi connectivity index (χ4n) is 4.26. The van der Waals surface area contributed by atoms with Crippen LogP contribution in [0.3, 0.4) is 0 Å². The molecule has 3 aromatic carbocycles. The smallest absolute Gasteiger partial charge is 0.264 e. The molecular formula is C27H22N2O3. The Kier molecular flexibility index (Phi) is 4.96. The van der Waals surface area contributed by atoms with Crippen molar-refractivity contribution in [1.29, 1.82) is 0 Å². The number of carbonyl (C=O) groups is 2. The van der Waals surface area contributed by atoms with Gasteiger partial charge in [0.1, 0.15) is 0 Å². The normalized spacial score (nSPS) is 17.4. The highest BCUT2D eigenvalue weighted by molar-refractivity contribution is 6.10. The van der Waals surface area contributed by atoms with Gasteiger partial charge >= 0.3 is 0 Å². The minimum Gasteiger partial charge on any atom is -0.375 e. The van der Waals surface area contributed by atoms with E-state index < -0.39 is 11.5 Å². The van der Waals surface area contributed by atoms with Gasteiger partial charge in [-0.25, -0.2) is 0 Å². The molecular weight excluding hydrogens is 400 g/mol. The summed E-state index contributed by atoms with van der Waals surface area (Å²) in [4.78, 5) is 28.0. The van der Waals surface area contributed by atoms with Gasteiger partial charge in [-0.3, -0.25) is 9.59 Å². The lowest BCUT2D eigenvalue weighted by atomic mass is 9.88. The van der Waals surface area contributed by atoms with Crippen molar-refractivity contribution in [2.75, 3.05) is 4.90 Å². The second kappa shape index (κ2) is 7.94. The molecule has 0 aliphatic carbocycles. The van der Waals surface area contributed by atoms with Gasteiger partial charge in [-0.2, -0.15) is 0 Å². The summed E-state index contributed by atoms with van der Waals surface area (Å²) in [5.74, 6) is -0.754. The summed E-state index contributed by atoms with van der Waals surface area (Å²) in [6.45, 7) is 0.332. The average Bonchev–Trinajstić information content (AvgIpc) is 3.43. The van der Waals surface area contributed by atoms with Gasteiger partial charge in [0.2, 0.25) is 0 Å². The van der Waals surface area contributed by atoms with Crippen molar-refractivity contribution in [2.24, 2.45) is 0 Å². The van der Waals surface area contributed by atoms with E-state index in [1.54, 1.807) is 29.2 Å². The number of ketones is 1. The number of aromatic nitrogens is 1. The van der Waals surface area contributed by atoms with E-state index in [9.17, 15) is 14.7 Å². The molecule has 2 heterocycles. The molecule has 0 saturated carbocycles. The number of aliphatic hydroxyl groups is 1. The predicted molar refractivity (Wildman–Crippen MR) is 123 cm³/mol. The maximum Gasteiger partial charge on any atom is 0.264 e. The number of carbonyl (C=O) groups excluding carboxylic acids is 2. The molecule has 5 heteroatoms. The van der Waals surface area contributed by atoms with E-state index in [2.05, 4.69) is 0 Å². The highest BCUT2D eigenvalue weighted by atomic mass is 16.3. The zero-order chi connectivity index (χ0) is 22.1. The number of nitrogens with zero attached hydrogens (tertiary/aromatic N) is 2. The van der Waals surface area contributed by atoms with Crippen molar-refractivity contribution in [1.82, 2.24) is 4.57 Å². The fourth-order valence-corrected chi connectivity index (χ4v) is 4.26. The summed E-state index contributed by atoms with van der Waals surface area (Å²) in [7, 11) is 0. The Hall–Kier alpha value is -3.96. The number of benzene rings is 3. The van der Waals surface area contributed by atoms with Gasteiger partial charge in [-0.05, 0) is 48.0 Å². The molecule has 5 rings (SSSR count). The Labute approximate surface area is 186 Å². The molecule has 0 radical (unpaired) electrons. The van der Waals surface area contributed by atoms with Crippen molar-refractivity contribution >= 4 is 17.4 Å². The van der Waals surface area contributed by atoms with Gasteiger partial charge in [0.15, 0.2) is 11.4 Å². The second-order valence-electron chi connectivity index (χ2n) is 7.99. The lowest BCUT2D eigenvalue weighted by Gasteiger charge is -2.23. The summed E-state index contributed by atoms with van der Waals surface area (Å²) < 4.78 is 1.94.